The van der Waals surface area contributed by atoms with E-state index < -0.39 is 106 Å². The van der Waals surface area contributed by atoms with E-state index in [4.69, 9.17) is 23.2 Å². The molecule has 2 aromatic carbocycles. The molecule has 2 saturated carbocycles. The second kappa shape index (κ2) is 22.4. The van der Waals surface area contributed by atoms with Crippen molar-refractivity contribution in [3.63, 3.8) is 0 Å². The molecular formula is C50H60Cl2F8N6O8. The van der Waals surface area contributed by atoms with Gasteiger partial charge in [0.05, 0.1) is 46.2 Å². The summed E-state index contributed by atoms with van der Waals surface area (Å²) in [6.45, 7) is 4.80. The fourth-order valence-electron chi connectivity index (χ4n) is 10.4. The number of carbonyl (C=O) groups is 6. The van der Waals surface area contributed by atoms with E-state index in [1.54, 1.807) is 0 Å². The highest BCUT2D eigenvalue weighted by Crippen LogP contribution is 2.54. The van der Waals surface area contributed by atoms with Crippen molar-refractivity contribution in [1.29, 1.82) is 0 Å². The van der Waals surface area contributed by atoms with Crippen LogP contribution >= 0.6 is 23.2 Å². The summed E-state index contributed by atoms with van der Waals surface area (Å²) in [5, 5.41) is 19.5. The van der Waals surface area contributed by atoms with E-state index >= 15 is 0 Å². The minimum atomic E-state index is -4.60. The lowest BCUT2D eigenvalue weighted by molar-refractivity contribution is -0.151. The Morgan fingerprint density at radius 2 is 0.946 bits per heavy atom. The Morgan fingerprint density at radius 3 is 1.24 bits per heavy atom. The summed E-state index contributed by atoms with van der Waals surface area (Å²) in [6.07, 6.45) is -9.83. The minimum absolute atomic E-state index is 0.00690. The van der Waals surface area contributed by atoms with Crippen LogP contribution in [0.4, 0.5) is 35.1 Å². The SMILES string of the molecule is C[C@H]1C(=O)N(CC[C@@H](F)C(=O)N2CCC3(CC3)[C@H](O)C2)CCN1C(=O)Cc1ccc(C(F)(F)F)c(Cl)c1.C[C@H]1C(=O)N(CC[C@H](F)C(=O)N2CCC3(CC3)[C@H](O)C2)CCN1C(=O)Cc1ccc(C(F)(F)F)c(Cl)c1. The number of hydrogen-bond donors (Lipinski definition) is 2. The number of nitrogens with zero attached hydrogens (tertiary/aromatic N) is 6. The third-order valence-corrected chi connectivity index (χ3v) is 16.4. The number of hydrogen-bond acceptors (Lipinski definition) is 8. The number of aliphatic hydroxyl groups excluding tert-OH is 2. The molecule has 74 heavy (non-hydrogen) atoms. The number of rotatable bonds is 12. The first kappa shape index (κ1) is 56.9. The van der Waals surface area contributed by atoms with E-state index in [0.29, 0.717) is 37.1 Å². The number of piperidine rings is 2. The molecule has 0 unspecified atom stereocenters. The Labute approximate surface area is 432 Å². The molecule has 0 radical (unpaired) electrons. The standard InChI is InChI=1S/2C25H30ClF4N3O4/c2*1-15-22(36)31(8-4-19(27)23(37)32-9-7-24(5-6-24)20(34)14-32)10-11-33(15)21(35)13-16-2-3-17(18(26)12-16)25(28,29)30/h2*2-3,12,15,19-20,34H,4-11,13-14H2,1H3/t15-,19+,20+;15-,19-,20+/m00/s1. The van der Waals surface area contributed by atoms with Crippen molar-refractivity contribution in [2.45, 2.75) is 127 Å². The van der Waals surface area contributed by atoms with E-state index in [1.807, 2.05) is 0 Å². The van der Waals surface area contributed by atoms with E-state index in [-0.39, 0.29) is 88.9 Å². The monoisotopic (exact) mass is 1090 g/mol. The maximum absolute atomic E-state index is 14.7. The Bertz CT molecular complexity index is 2300. The predicted octanol–water partition coefficient (Wildman–Crippen LogP) is 6.12. The van der Waals surface area contributed by atoms with E-state index in [2.05, 4.69) is 0 Å². The Morgan fingerprint density at radius 1 is 0.595 bits per heavy atom. The average molecular weight is 1100 g/mol. The maximum atomic E-state index is 14.7. The lowest BCUT2D eigenvalue weighted by Crippen LogP contribution is -2.58. The first-order valence-corrected chi connectivity index (χ1v) is 25.5. The van der Waals surface area contributed by atoms with Gasteiger partial charge in [0.2, 0.25) is 23.6 Å². The van der Waals surface area contributed by atoms with Crippen LogP contribution in [-0.4, -0.2) is 177 Å². The number of aliphatic hydroxyl groups is 2. The second-order valence-electron chi connectivity index (χ2n) is 20.5. The summed E-state index contributed by atoms with van der Waals surface area (Å²) in [5.41, 5.74) is -1.59. The van der Waals surface area contributed by atoms with Crippen molar-refractivity contribution in [3.05, 3.63) is 68.7 Å². The number of amides is 6. The topological polar surface area (TPSA) is 162 Å². The van der Waals surface area contributed by atoms with Gasteiger partial charge in [0.15, 0.2) is 12.3 Å². The van der Waals surface area contributed by atoms with Crippen LogP contribution in [-0.2, 0) is 54.0 Å². The zero-order valence-corrected chi connectivity index (χ0v) is 42.4. The van der Waals surface area contributed by atoms with Crippen LogP contribution in [0.3, 0.4) is 0 Å². The summed E-state index contributed by atoms with van der Waals surface area (Å²) in [5.74, 6) is -3.03. The Hall–Kier alpha value is -4.80. The molecule has 408 valence electrons. The van der Waals surface area contributed by atoms with Gasteiger partial charge in [-0.25, -0.2) is 8.78 Å². The van der Waals surface area contributed by atoms with Gasteiger partial charge in [-0.2, -0.15) is 26.3 Å². The van der Waals surface area contributed by atoms with Crippen molar-refractivity contribution >= 4 is 58.6 Å². The molecule has 2 spiro atoms. The molecule has 24 heteroatoms. The van der Waals surface area contributed by atoms with Gasteiger partial charge in [-0.15, -0.1) is 0 Å². The van der Waals surface area contributed by atoms with Crippen LogP contribution in [0.5, 0.6) is 0 Å². The molecule has 4 saturated heterocycles. The quantitative estimate of drug-likeness (QED) is 0.240. The summed E-state index contributed by atoms with van der Waals surface area (Å²) in [4.78, 5) is 84.5. The van der Waals surface area contributed by atoms with Crippen molar-refractivity contribution in [1.82, 2.24) is 29.4 Å². The normalized spacial score (nSPS) is 24.4. The molecule has 2 aliphatic carbocycles. The lowest BCUT2D eigenvalue weighted by Gasteiger charge is -2.40. The summed E-state index contributed by atoms with van der Waals surface area (Å²) in [7, 11) is 0. The average Bonchev–Trinajstić information content (AvgIpc) is 4.28. The maximum Gasteiger partial charge on any atom is 0.417 e. The molecule has 6 atom stereocenters. The molecule has 4 heterocycles. The van der Waals surface area contributed by atoms with Gasteiger partial charge in [0.1, 0.15) is 12.1 Å². The van der Waals surface area contributed by atoms with Crippen LogP contribution in [0.2, 0.25) is 10.0 Å². The molecule has 0 aromatic heterocycles. The van der Waals surface area contributed by atoms with Gasteiger partial charge in [-0.3, -0.25) is 28.8 Å². The van der Waals surface area contributed by atoms with Gasteiger partial charge in [-0.05, 0) is 98.6 Å². The van der Waals surface area contributed by atoms with Gasteiger partial charge in [0.25, 0.3) is 11.8 Å². The highest BCUT2D eigenvalue weighted by Gasteiger charge is 2.53. The van der Waals surface area contributed by atoms with E-state index in [1.165, 1.54) is 55.4 Å². The fraction of sp³-hybridized carbons (Fsp3) is 0.640. The largest absolute Gasteiger partial charge is 0.417 e. The predicted molar refractivity (Wildman–Crippen MR) is 253 cm³/mol. The third-order valence-electron chi connectivity index (χ3n) is 15.7. The zero-order chi connectivity index (χ0) is 54.2. The number of carbonyl (C=O) groups excluding carboxylic acids is 6. The van der Waals surface area contributed by atoms with E-state index in [9.17, 15) is 74.1 Å². The molecule has 4 aliphatic heterocycles. The summed E-state index contributed by atoms with van der Waals surface area (Å²) in [6, 6.07) is 4.50. The molecule has 6 aliphatic rings. The number of benzene rings is 2. The van der Waals surface area contributed by atoms with Crippen LogP contribution in [0.1, 0.15) is 87.5 Å². The van der Waals surface area contributed by atoms with Crippen LogP contribution < -0.4 is 0 Å². The zero-order valence-electron chi connectivity index (χ0n) is 40.9. The number of β-amino-alcohol motifs (C(OH)–C–C–N with tert-alkyl or cyclic N) is 2. The van der Waals surface area contributed by atoms with Crippen LogP contribution in [0, 0.1) is 10.8 Å². The molecule has 8 rings (SSSR count). The van der Waals surface area contributed by atoms with E-state index in [0.717, 1.165) is 49.9 Å². The van der Waals surface area contributed by atoms with Gasteiger partial charge in [0, 0.05) is 78.3 Å². The smallest absolute Gasteiger partial charge is 0.391 e. The van der Waals surface area contributed by atoms with Gasteiger partial charge in [-0.1, -0.05) is 35.3 Å². The van der Waals surface area contributed by atoms with Crippen LogP contribution in [0.25, 0.3) is 0 Å². The second-order valence-corrected chi connectivity index (χ2v) is 21.3. The molecule has 2 N–H and O–H groups in total. The number of piperazine rings is 2. The lowest BCUT2D eigenvalue weighted by atomic mass is 9.90. The van der Waals surface area contributed by atoms with Crippen LogP contribution in [0.15, 0.2) is 36.4 Å². The molecular weight excluding hydrogens is 1040 g/mol. The molecule has 0 bridgehead atoms. The van der Waals surface area contributed by atoms with Gasteiger partial charge < -0.3 is 39.6 Å². The minimum Gasteiger partial charge on any atom is -0.391 e. The highest BCUT2D eigenvalue weighted by atomic mass is 35.5. The number of alkyl halides is 8. The summed E-state index contributed by atoms with van der Waals surface area (Å²) < 4.78 is 107. The highest BCUT2D eigenvalue weighted by molar-refractivity contribution is 6.31. The van der Waals surface area contributed by atoms with Crippen molar-refractivity contribution < 1.29 is 74.1 Å². The van der Waals surface area contributed by atoms with Crippen molar-refractivity contribution in [3.8, 4) is 0 Å². The Kier molecular flexibility index (Phi) is 17.2. The molecule has 6 amide bonds. The fourth-order valence-corrected chi connectivity index (χ4v) is 11.1. The first-order valence-electron chi connectivity index (χ1n) is 24.7. The molecule has 2 aromatic rings. The third kappa shape index (κ3) is 12.9. The number of likely N-dealkylation sites (tertiary alicyclic amines) is 2. The van der Waals surface area contributed by atoms with Gasteiger partial charge >= 0.3 is 12.4 Å². The summed E-state index contributed by atoms with van der Waals surface area (Å²) >= 11 is 11.5. The van der Waals surface area contributed by atoms with Crippen molar-refractivity contribution in [2.24, 2.45) is 10.8 Å². The first-order chi connectivity index (χ1) is 34.6. The molecule has 14 nitrogen and oxygen atoms in total. The van der Waals surface area contributed by atoms with Crippen molar-refractivity contribution in [2.75, 3.05) is 65.4 Å². The number of halogens is 10. The molecule has 6 fully saturated rings. The Balaban J connectivity index is 0.000000216.